The lowest BCUT2D eigenvalue weighted by atomic mass is 10.1. The van der Waals surface area contributed by atoms with E-state index in [-0.39, 0.29) is 12.5 Å². The molecule has 0 aromatic carbocycles. The number of carbonyl (C=O) groups excluding carboxylic acids is 1. The zero-order valence-electron chi connectivity index (χ0n) is 12.9. The number of hydrogen-bond acceptors (Lipinski definition) is 3. The number of likely N-dealkylation sites (N-methyl/N-ethyl adjacent to an activating group) is 1. The molecule has 0 radical (unpaired) electrons. The molecule has 20 heavy (non-hydrogen) atoms. The molecule has 114 valence electrons. The monoisotopic (exact) mass is 281 g/mol. The lowest BCUT2D eigenvalue weighted by Gasteiger charge is -2.33. The van der Waals surface area contributed by atoms with Crippen molar-refractivity contribution in [2.75, 3.05) is 40.8 Å². The standard InChI is InChI=1S/C14H27N5O/c1-15-14(16-10-13(20)18(2)3)17-11-6-8-19(9-7-11)12-4-5-12/h11-12H,4-10H2,1-3H3,(H2,15,16,17). The third-order valence-corrected chi connectivity index (χ3v) is 4.06. The molecule has 1 amide bonds. The highest BCUT2D eigenvalue weighted by Gasteiger charge is 2.31. The number of aliphatic imine (C=N–C) groups is 1. The van der Waals surface area contributed by atoms with Gasteiger partial charge in [-0.1, -0.05) is 0 Å². The van der Waals surface area contributed by atoms with E-state index in [0.717, 1.165) is 24.8 Å². The lowest BCUT2D eigenvalue weighted by Crippen LogP contribution is -2.50. The first-order chi connectivity index (χ1) is 9.60. The molecule has 1 heterocycles. The predicted molar refractivity (Wildman–Crippen MR) is 80.8 cm³/mol. The van der Waals surface area contributed by atoms with E-state index in [9.17, 15) is 4.79 Å². The largest absolute Gasteiger partial charge is 0.354 e. The fraction of sp³-hybridized carbons (Fsp3) is 0.857. The molecule has 1 aliphatic heterocycles. The van der Waals surface area contributed by atoms with Crippen LogP contribution in [0.4, 0.5) is 0 Å². The van der Waals surface area contributed by atoms with Crippen molar-refractivity contribution >= 4 is 11.9 Å². The van der Waals surface area contributed by atoms with Crippen LogP contribution in [0.3, 0.4) is 0 Å². The Hall–Kier alpha value is -1.30. The smallest absolute Gasteiger partial charge is 0.241 e. The third-order valence-electron chi connectivity index (χ3n) is 4.06. The van der Waals surface area contributed by atoms with Crippen molar-refractivity contribution in [1.29, 1.82) is 0 Å². The second-order valence-electron chi connectivity index (χ2n) is 5.90. The normalized spacial score (nSPS) is 21.6. The van der Waals surface area contributed by atoms with Crippen LogP contribution in [0.25, 0.3) is 0 Å². The van der Waals surface area contributed by atoms with Crippen LogP contribution < -0.4 is 10.6 Å². The van der Waals surface area contributed by atoms with Crippen molar-refractivity contribution in [1.82, 2.24) is 20.4 Å². The van der Waals surface area contributed by atoms with Crippen molar-refractivity contribution in [3.8, 4) is 0 Å². The first-order valence-electron chi connectivity index (χ1n) is 7.51. The molecule has 0 atom stereocenters. The van der Waals surface area contributed by atoms with E-state index in [1.807, 2.05) is 0 Å². The molecule has 0 aromatic heterocycles. The molecule has 2 aliphatic rings. The van der Waals surface area contributed by atoms with Gasteiger partial charge >= 0.3 is 0 Å². The molecular weight excluding hydrogens is 254 g/mol. The minimum atomic E-state index is 0.0523. The molecule has 6 heteroatoms. The summed E-state index contributed by atoms with van der Waals surface area (Å²) in [5, 5.41) is 6.50. The molecular formula is C14H27N5O. The Kier molecular flexibility index (Phi) is 5.23. The Morgan fingerprint density at radius 1 is 1.25 bits per heavy atom. The maximum atomic E-state index is 11.6. The van der Waals surface area contributed by atoms with Gasteiger partial charge in [-0.15, -0.1) is 0 Å². The maximum Gasteiger partial charge on any atom is 0.241 e. The summed E-state index contributed by atoms with van der Waals surface area (Å²) in [6.07, 6.45) is 5.07. The third kappa shape index (κ3) is 4.37. The van der Waals surface area contributed by atoms with Crippen molar-refractivity contribution in [2.45, 2.75) is 37.8 Å². The lowest BCUT2D eigenvalue weighted by molar-refractivity contribution is -0.127. The molecule has 2 fully saturated rings. The Balaban J connectivity index is 1.69. The summed E-state index contributed by atoms with van der Waals surface area (Å²) in [6, 6.07) is 1.33. The van der Waals surface area contributed by atoms with Crippen molar-refractivity contribution in [2.24, 2.45) is 4.99 Å². The minimum Gasteiger partial charge on any atom is -0.354 e. The van der Waals surface area contributed by atoms with Crippen LogP contribution in [0.2, 0.25) is 0 Å². The molecule has 0 aromatic rings. The number of nitrogens with one attached hydrogen (secondary N) is 2. The van der Waals surface area contributed by atoms with Gasteiger partial charge in [0.25, 0.3) is 0 Å². The first-order valence-corrected chi connectivity index (χ1v) is 7.51. The van der Waals surface area contributed by atoms with E-state index >= 15 is 0 Å². The van der Waals surface area contributed by atoms with Crippen LogP contribution in [0.1, 0.15) is 25.7 Å². The molecule has 0 spiro atoms. The van der Waals surface area contributed by atoms with Gasteiger partial charge in [-0.25, -0.2) is 0 Å². The van der Waals surface area contributed by atoms with Crippen LogP contribution >= 0.6 is 0 Å². The molecule has 2 N–H and O–H groups in total. The Bertz CT molecular complexity index is 357. The second kappa shape index (κ2) is 6.92. The van der Waals surface area contributed by atoms with Gasteiger partial charge in [0.2, 0.25) is 5.91 Å². The molecule has 1 saturated heterocycles. The zero-order valence-corrected chi connectivity index (χ0v) is 12.9. The highest BCUT2D eigenvalue weighted by Crippen LogP contribution is 2.29. The van der Waals surface area contributed by atoms with Gasteiger partial charge in [0, 0.05) is 46.3 Å². The number of rotatable bonds is 4. The van der Waals surface area contributed by atoms with Crippen molar-refractivity contribution in [3.05, 3.63) is 0 Å². The molecule has 2 rings (SSSR count). The van der Waals surface area contributed by atoms with Gasteiger partial charge in [0.15, 0.2) is 5.96 Å². The summed E-state index contributed by atoms with van der Waals surface area (Å²) >= 11 is 0. The van der Waals surface area contributed by atoms with Crippen molar-refractivity contribution in [3.63, 3.8) is 0 Å². The summed E-state index contributed by atoms with van der Waals surface area (Å²) in [4.78, 5) is 19.9. The summed E-state index contributed by atoms with van der Waals surface area (Å²) < 4.78 is 0. The minimum absolute atomic E-state index is 0.0523. The maximum absolute atomic E-state index is 11.6. The first kappa shape index (κ1) is 15.1. The predicted octanol–water partition coefficient (Wildman–Crippen LogP) is -0.134. The van der Waals surface area contributed by atoms with E-state index in [0.29, 0.717) is 6.04 Å². The molecule has 0 bridgehead atoms. The second-order valence-corrected chi connectivity index (χ2v) is 5.90. The van der Waals surface area contributed by atoms with Crippen LogP contribution in [0.15, 0.2) is 4.99 Å². The van der Waals surface area contributed by atoms with Crippen LogP contribution in [-0.4, -0.2) is 74.5 Å². The van der Waals surface area contributed by atoms with E-state index in [2.05, 4.69) is 20.5 Å². The topological polar surface area (TPSA) is 60.0 Å². The average Bonchev–Trinajstić information content (AvgIpc) is 3.28. The molecule has 1 aliphatic carbocycles. The number of carbonyl (C=O) groups is 1. The molecule has 6 nitrogen and oxygen atoms in total. The van der Waals surface area contributed by atoms with Gasteiger partial charge in [-0.2, -0.15) is 0 Å². The van der Waals surface area contributed by atoms with E-state index in [4.69, 9.17) is 0 Å². The fourth-order valence-corrected chi connectivity index (χ4v) is 2.55. The summed E-state index contributed by atoms with van der Waals surface area (Å²) in [5.41, 5.74) is 0. The number of guanidine groups is 1. The number of hydrogen-bond donors (Lipinski definition) is 2. The van der Waals surface area contributed by atoms with Crippen LogP contribution in [0, 0.1) is 0 Å². The van der Waals surface area contributed by atoms with Crippen molar-refractivity contribution < 1.29 is 4.79 Å². The number of likely N-dealkylation sites (tertiary alicyclic amines) is 1. The number of nitrogens with zero attached hydrogens (tertiary/aromatic N) is 3. The highest BCUT2D eigenvalue weighted by atomic mass is 16.2. The molecule has 1 saturated carbocycles. The van der Waals surface area contributed by atoms with E-state index < -0.39 is 0 Å². The Labute approximate surface area is 121 Å². The fourth-order valence-electron chi connectivity index (χ4n) is 2.55. The van der Waals surface area contributed by atoms with Gasteiger partial charge < -0.3 is 20.4 Å². The number of piperidine rings is 1. The SMILES string of the molecule is CN=C(NCC(=O)N(C)C)NC1CCN(C2CC2)CC1. The summed E-state index contributed by atoms with van der Waals surface area (Å²) in [6.45, 7) is 2.64. The van der Waals surface area contributed by atoms with Gasteiger partial charge in [0.1, 0.15) is 0 Å². The Morgan fingerprint density at radius 2 is 1.90 bits per heavy atom. The van der Waals surface area contributed by atoms with Gasteiger partial charge in [-0.05, 0) is 25.7 Å². The van der Waals surface area contributed by atoms with Gasteiger partial charge in [-0.3, -0.25) is 9.79 Å². The van der Waals surface area contributed by atoms with E-state index in [1.165, 1.54) is 25.9 Å². The highest BCUT2D eigenvalue weighted by molar-refractivity contribution is 5.86. The molecule has 0 unspecified atom stereocenters. The van der Waals surface area contributed by atoms with Crippen LogP contribution in [0.5, 0.6) is 0 Å². The van der Waals surface area contributed by atoms with Crippen LogP contribution in [-0.2, 0) is 4.79 Å². The Morgan fingerprint density at radius 3 is 2.40 bits per heavy atom. The summed E-state index contributed by atoms with van der Waals surface area (Å²) in [7, 11) is 5.26. The number of amides is 1. The quantitative estimate of drug-likeness (QED) is 0.556. The zero-order chi connectivity index (χ0) is 14.5. The van der Waals surface area contributed by atoms with E-state index in [1.54, 1.807) is 26.0 Å². The van der Waals surface area contributed by atoms with Gasteiger partial charge in [0.05, 0.1) is 6.54 Å². The summed E-state index contributed by atoms with van der Waals surface area (Å²) in [5.74, 6) is 0.779. The average molecular weight is 281 g/mol.